The maximum atomic E-state index is 12.4. The summed E-state index contributed by atoms with van der Waals surface area (Å²) in [5, 5.41) is 2.95. The zero-order valence-electron chi connectivity index (χ0n) is 15.1. The third-order valence-corrected chi connectivity index (χ3v) is 5.17. The van der Waals surface area contributed by atoms with Crippen molar-refractivity contribution in [1.29, 1.82) is 0 Å². The van der Waals surface area contributed by atoms with Crippen LogP contribution in [0, 0.1) is 6.92 Å². The van der Waals surface area contributed by atoms with Gasteiger partial charge in [-0.15, -0.1) is 0 Å². The van der Waals surface area contributed by atoms with Gasteiger partial charge in [-0.1, -0.05) is 28.1 Å². The van der Waals surface area contributed by atoms with E-state index < -0.39 is 0 Å². The number of piperazine rings is 1. The molecule has 2 heterocycles. The van der Waals surface area contributed by atoms with Crippen LogP contribution in [-0.4, -0.2) is 47.0 Å². The van der Waals surface area contributed by atoms with Crippen LogP contribution in [0.2, 0.25) is 0 Å². The number of benzene rings is 2. The molecule has 0 aliphatic carbocycles. The highest BCUT2D eigenvalue weighted by Crippen LogP contribution is 2.19. The van der Waals surface area contributed by atoms with Crippen LogP contribution < -0.4 is 5.32 Å². The van der Waals surface area contributed by atoms with Crippen LogP contribution in [0.15, 0.2) is 51.4 Å². The Bertz CT molecular complexity index is 964. The number of aromatic nitrogens is 1. The number of hydrogen-bond acceptors (Lipinski definition) is 4. The fraction of sp³-hybridized carbons (Fsp3) is 0.300. The number of rotatable bonds is 3. The summed E-state index contributed by atoms with van der Waals surface area (Å²) in [5.41, 5.74) is 3.69. The molecule has 1 saturated heterocycles. The molecule has 1 aliphatic rings. The van der Waals surface area contributed by atoms with Gasteiger partial charge in [0.05, 0.1) is 6.54 Å². The molecule has 2 aromatic carbocycles. The van der Waals surface area contributed by atoms with Crippen molar-refractivity contribution in [3.63, 3.8) is 0 Å². The van der Waals surface area contributed by atoms with Gasteiger partial charge in [-0.3, -0.25) is 4.90 Å². The molecule has 0 atom stereocenters. The van der Waals surface area contributed by atoms with Crippen molar-refractivity contribution < 1.29 is 9.21 Å². The molecule has 0 bridgehead atoms. The first-order valence-corrected chi connectivity index (χ1v) is 9.76. The van der Waals surface area contributed by atoms with Gasteiger partial charge in [0.2, 0.25) is 5.89 Å². The highest BCUT2D eigenvalue weighted by Gasteiger charge is 2.22. The van der Waals surface area contributed by atoms with Gasteiger partial charge in [0.1, 0.15) is 5.52 Å². The Morgan fingerprint density at radius 3 is 2.78 bits per heavy atom. The number of nitrogens with zero attached hydrogens (tertiary/aromatic N) is 3. The smallest absolute Gasteiger partial charge is 0.321 e. The van der Waals surface area contributed by atoms with Gasteiger partial charge in [-0.25, -0.2) is 9.78 Å². The molecular weight excluding hydrogens is 408 g/mol. The number of urea groups is 1. The molecule has 0 saturated carbocycles. The monoisotopic (exact) mass is 428 g/mol. The number of carbonyl (C=O) groups excluding carboxylic acids is 1. The second-order valence-electron chi connectivity index (χ2n) is 6.78. The van der Waals surface area contributed by atoms with Crippen molar-refractivity contribution in [2.45, 2.75) is 13.5 Å². The molecule has 1 aromatic heterocycles. The summed E-state index contributed by atoms with van der Waals surface area (Å²) in [5.74, 6) is 0.725. The summed E-state index contributed by atoms with van der Waals surface area (Å²) in [6.45, 7) is 5.66. The molecule has 3 aromatic rings. The Balaban J connectivity index is 1.32. The van der Waals surface area contributed by atoms with Crippen LogP contribution in [0.3, 0.4) is 0 Å². The van der Waals surface area contributed by atoms with Crippen LogP contribution >= 0.6 is 15.9 Å². The van der Waals surface area contributed by atoms with Gasteiger partial charge in [0, 0.05) is 36.3 Å². The highest BCUT2D eigenvalue weighted by molar-refractivity contribution is 9.10. The van der Waals surface area contributed by atoms with Crippen molar-refractivity contribution in [2.24, 2.45) is 0 Å². The average molecular weight is 429 g/mol. The topological polar surface area (TPSA) is 61.6 Å². The fourth-order valence-electron chi connectivity index (χ4n) is 3.22. The van der Waals surface area contributed by atoms with Crippen molar-refractivity contribution in [3.8, 4) is 0 Å². The van der Waals surface area contributed by atoms with Crippen molar-refractivity contribution in [3.05, 3.63) is 58.4 Å². The van der Waals surface area contributed by atoms with E-state index in [9.17, 15) is 4.79 Å². The number of fused-ring (bicyclic) bond motifs is 1. The minimum atomic E-state index is -0.0647. The Hall–Kier alpha value is -2.38. The summed E-state index contributed by atoms with van der Waals surface area (Å²) < 4.78 is 6.78. The third-order valence-electron chi connectivity index (χ3n) is 4.68. The van der Waals surface area contributed by atoms with Gasteiger partial charge in [-0.2, -0.15) is 0 Å². The maximum absolute atomic E-state index is 12.4. The third kappa shape index (κ3) is 4.31. The van der Waals surface area contributed by atoms with Crippen LogP contribution in [0.4, 0.5) is 10.5 Å². The molecule has 6 nitrogen and oxygen atoms in total. The standard InChI is InChI=1S/C20H21BrN4O2/c1-14-5-6-18-17(11-14)23-19(27-18)13-24-7-9-25(10-8-24)20(26)22-16-4-2-3-15(21)12-16/h2-6,11-12H,7-10,13H2,1H3,(H,22,26). The zero-order chi connectivity index (χ0) is 18.8. The fourth-order valence-corrected chi connectivity index (χ4v) is 3.62. The number of hydrogen-bond donors (Lipinski definition) is 1. The van der Waals surface area contributed by atoms with E-state index in [1.54, 1.807) is 0 Å². The average Bonchev–Trinajstić information content (AvgIpc) is 3.03. The van der Waals surface area contributed by atoms with Crippen LogP contribution in [0.25, 0.3) is 11.1 Å². The predicted molar refractivity (Wildman–Crippen MR) is 109 cm³/mol. The van der Waals surface area contributed by atoms with Crippen LogP contribution in [0.1, 0.15) is 11.5 Å². The van der Waals surface area contributed by atoms with E-state index in [2.05, 4.69) is 31.1 Å². The van der Waals surface area contributed by atoms with Gasteiger partial charge < -0.3 is 14.6 Å². The summed E-state index contributed by atoms with van der Waals surface area (Å²) in [7, 11) is 0. The maximum Gasteiger partial charge on any atom is 0.321 e. The summed E-state index contributed by atoms with van der Waals surface area (Å²) in [4.78, 5) is 21.1. The van der Waals surface area contributed by atoms with Crippen molar-refractivity contribution >= 4 is 38.7 Å². The van der Waals surface area contributed by atoms with Crippen molar-refractivity contribution in [1.82, 2.24) is 14.8 Å². The molecule has 7 heteroatoms. The molecule has 0 unspecified atom stereocenters. The van der Waals surface area contributed by atoms with Crippen LogP contribution in [-0.2, 0) is 6.54 Å². The number of nitrogens with one attached hydrogen (secondary N) is 1. The van der Waals surface area contributed by atoms with Gasteiger partial charge in [0.15, 0.2) is 5.58 Å². The van der Waals surface area contributed by atoms with E-state index in [-0.39, 0.29) is 6.03 Å². The van der Waals surface area contributed by atoms with E-state index in [0.29, 0.717) is 19.6 Å². The first-order valence-electron chi connectivity index (χ1n) is 8.97. The number of aryl methyl sites for hydroxylation is 1. The van der Waals surface area contributed by atoms with Gasteiger partial charge in [-0.05, 0) is 42.8 Å². The molecule has 27 heavy (non-hydrogen) atoms. The Kier molecular flexibility index (Phi) is 5.13. The molecule has 140 valence electrons. The number of carbonyl (C=O) groups is 1. The quantitative estimate of drug-likeness (QED) is 0.677. The second kappa shape index (κ2) is 7.70. The molecule has 1 N–H and O–H groups in total. The van der Waals surface area contributed by atoms with E-state index >= 15 is 0 Å². The lowest BCUT2D eigenvalue weighted by Crippen LogP contribution is -2.49. The van der Waals surface area contributed by atoms with Crippen LogP contribution in [0.5, 0.6) is 0 Å². The van der Waals surface area contributed by atoms with Gasteiger partial charge >= 0.3 is 6.03 Å². The lowest BCUT2D eigenvalue weighted by atomic mass is 10.2. The van der Waals surface area contributed by atoms with E-state index in [0.717, 1.165) is 40.2 Å². The number of oxazole rings is 1. The molecule has 1 aliphatic heterocycles. The SMILES string of the molecule is Cc1ccc2oc(CN3CCN(C(=O)Nc4cccc(Br)c4)CC3)nc2c1. The molecule has 0 radical (unpaired) electrons. The number of anilines is 1. The normalized spacial score (nSPS) is 15.3. The van der Waals surface area contributed by atoms with E-state index in [4.69, 9.17) is 4.42 Å². The molecule has 2 amide bonds. The summed E-state index contributed by atoms with van der Waals surface area (Å²) in [6, 6.07) is 13.6. The Morgan fingerprint density at radius 1 is 1.19 bits per heavy atom. The van der Waals surface area contributed by atoms with E-state index in [1.165, 1.54) is 5.56 Å². The lowest BCUT2D eigenvalue weighted by molar-refractivity contribution is 0.136. The second-order valence-corrected chi connectivity index (χ2v) is 7.70. The number of halogens is 1. The summed E-state index contributed by atoms with van der Waals surface area (Å²) in [6.07, 6.45) is 0. The predicted octanol–water partition coefficient (Wildman–Crippen LogP) is 4.25. The first kappa shape index (κ1) is 18.0. The van der Waals surface area contributed by atoms with E-state index in [1.807, 2.05) is 54.3 Å². The summed E-state index contributed by atoms with van der Waals surface area (Å²) >= 11 is 3.42. The molecular formula is C20H21BrN4O2. The zero-order valence-corrected chi connectivity index (χ0v) is 16.7. The van der Waals surface area contributed by atoms with Crippen molar-refractivity contribution in [2.75, 3.05) is 31.5 Å². The minimum absolute atomic E-state index is 0.0647. The minimum Gasteiger partial charge on any atom is -0.439 e. The molecule has 4 rings (SSSR count). The largest absolute Gasteiger partial charge is 0.439 e. The Morgan fingerprint density at radius 2 is 2.00 bits per heavy atom. The lowest BCUT2D eigenvalue weighted by Gasteiger charge is -2.34. The molecule has 1 fully saturated rings. The molecule has 0 spiro atoms. The Labute approximate surface area is 166 Å². The number of amides is 2. The van der Waals surface area contributed by atoms with Gasteiger partial charge in [0.25, 0.3) is 0 Å². The first-order chi connectivity index (χ1) is 13.1. The highest BCUT2D eigenvalue weighted by atomic mass is 79.9.